The molecular weight excluding hydrogens is 208 g/mol. The minimum absolute atomic E-state index is 0.157. The molecule has 17 heavy (non-hydrogen) atoms. The Hall–Kier alpha value is -1.34. The maximum absolute atomic E-state index is 9.88. The fourth-order valence-electron chi connectivity index (χ4n) is 2.73. The van der Waals surface area contributed by atoms with Gasteiger partial charge in [0.1, 0.15) is 0 Å². The van der Waals surface area contributed by atoms with Crippen LogP contribution in [0.25, 0.3) is 10.8 Å². The number of fused-ring (bicyclic) bond motifs is 1. The topological polar surface area (TPSA) is 20.2 Å². The Kier molecular flexibility index (Phi) is 2.44. The average Bonchev–Trinajstić information content (AvgIpc) is 3.11. The summed E-state index contributed by atoms with van der Waals surface area (Å²) in [7, 11) is 0. The van der Waals surface area contributed by atoms with Crippen LogP contribution < -0.4 is 0 Å². The van der Waals surface area contributed by atoms with Crippen molar-refractivity contribution < 1.29 is 5.11 Å². The Morgan fingerprint density at radius 1 is 1.12 bits per heavy atom. The predicted molar refractivity (Wildman–Crippen MR) is 71.0 cm³/mol. The second kappa shape index (κ2) is 3.85. The van der Waals surface area contributed by atoms with E-state index in [9.17, 15) is 5.11 Å². The third kappa shape index (κ3) is 1.85. The van der Waals surface area contributed by atoms with Crippen molar-refractivity contribution in [1.29, 1.82) is 0 Å². The molecule has 0 heterocycles. The lowest BCUT2D eigenvalue weighted by atomic mass is 9.89. The van der Waals surface area contributed by atoms with E-state index < -0.39 is 0 Å². The highest BCUT2D eigenvalue weighted by molar-refractivity contribution is 5.85. The van der Waals surface area contributed by atoms with Gasteiger partial charge < -0.3 is 5.11 Å². The van der Waals surface area contributed by atoms with Crippen LogP contribution in [0, 0.1) is 5.41 Å². The molecule has 1 aliphatic rings. The molecule has 0 spiro atoms. The highest BCUT2D eigenvalue weighted by Gasteiger charge is 2.46. The number of hydrogen-bond donors (Lipinski definition) is 1. The molecule has 0 saturated heterocycles. The van der Waals surface area contributed by atoms with Gasteiger partial charge in [-0.1, -0.05) is 42.5 Å². The summed E-state index contributed by atoms with van der Waals surface area (Å²) >= 11 is 0. The molecule has 1 heteroatoms. The summed E-state index contributed by atoms with van der Waals surface area (Å²) in [6.45, 7) is 1.93. The second-order valence-electron chi connectivity index (χ2n) is 5.35. The van der Waals surface area contributed by atoms with Crippen molar-refractivity contribution in [1.82, 2.24) is 0 Å². The van der Waals surface area contributed by atoms with Crippen LogP contribution in [0.2, 0.25) is 0 Å². The maximum atomic E-state index is 9.88. The first-order valence-corrected chi connectivity index (χ1v) is 6.36. The van der Waals surface area contributed by atoms with E-state index in [0.717, 1.165) is 19.3 Å². The molecular formula is C16H18O. The molecule has 1 nitrogen and oxygen atoms in total. The standard InChI is InChI=1S/C16H18O/c1-12(17)16(9-10-16)11-14-7-4-6-13-5-2-3-8-15(13)14/h2-8,12,17H,9-11H2,1H3. The second-order valence-corrected chi connectivity index (χ2v) is 5.35. The molecule has 1 N–H and O–H groups in total. The molecule has 0 radical (unpaired) electrons. The zero-order chi connectivity index (χ0) is 11.9. The Morgan fingerprint density at radius 3 is 2.53 bits per heavy atom. The van der Waals surface area contributed by atoms with Gasteiger partial charge in [-0.25, -0.2) is 0 Å². The molecule has 1 aliphatic carbocycles. The number of aliphatic hydroxyl groups excluding tert-OH is 1. The normalized spacial score (nSPS) is 19.2. The SMILES string of the molecule is CC(O)C1(Cc2cccc3ccccc23)CC1. The van der Waals surface area contributed by atoms with Gasteiger partial charge in [0.15, 0.2) is 0 Å². The first-order valence-electron chi connectivity index (χ1n) is 6.36. The summed E-state index contributed by atoms with van der Waals surface area (Å²) in [5, 5.41) is 12.5. The summed E-state index contributed by atoms with van der Waals surface area (Å²) in [6, 6.07) is 15.0. The van der Waals surface area contributed by atoms with Crippen LogP contribution in [0.1, 0.15) is 25.3 Å². The minimum atomic E-state index is -0.193. The molecule has 1 unspecified atom stereocenters. The van der Waals surface area contributed by atoms with Crippen LogP contribution in [0.4, 0.5) is 0 Å². The van der Waals surface area contributed by atoms with Crippen molar-refractivity contribution in [2.24, 2.45) is 5.41 Å². The number of benzene rings is 2. The smallest absolute Gasteiger partial charge is 0.0571 e. The van der Waals surface area contributed by atoms with Crippen LogP contribution in [0.5, 0.6) is 0 Å². The third-order valence-electron chi connectivity index (χ3n) is 4.20. The van der Waals surface area contributed by atoms with Gasteiger partial charge in [0, 0.05) is 5.41 Å². The molecule has 2 aromatic rings. The van der Waals surface area contributed by atoms with E-state index in [2.05, 4.69) is 42.5 Å². The summed E-state index contributed by atoms with van der Waals surface area (Å²) < 4.78 is 0. The highest BCUT2D eigenvalue weighted by Crippen LogP contribution is 2.51. The molecule has 1 atom stereocenters. The summed E-state index contributed by atoms with van der Waals surface area (Å²) in [6.07, 6.45) is 3.13. The molecule has 88 valence electrons. The van der Waals surface area contributed by atoms with E-state index in [0.29, 0.717) is 0 Å². The molecule has 0 bridgehead atoms. The van der Waals surface area contributed by atoms with Gasteiger partial charge in [0.05, 0.1) is 6.10 Å². The molecule has 0 aromatic heterocycles. The Bertz CT molecular complexity index is 533. The summed E-state index contributed by atoms with van der Waals surface area (Å²) in [5.41, 5.74) is 1.53. The lowest BCUT2D eigenvalue weighted by molar-refractivity contribution is 0.110. The fraction of sp³-hybridized carbons (Fsp3) is 0.375. The minimum Gasteiger partial charge on any atom is -0.393 e. The van der Waals surface area contributed by atoms with Crippen LogP contribution >= 0.6 is 0 Å². The van der Waals surface area contributed by atoms with E-state index in [1.807, 2.05) is 6.92 Å². The summed E-state index contributed by atoms with van der Waals surface area (Å²) in [5.74, 6) is 0. The van der Waals surface area contributed by atoms with Gasteiger partial charge in [-0.15, -0.1) is 0 Å². The van der Waals surface area contributed by atoms with Gasteiger partial charge in [0.25, 0.3) is 0 Å². The number of rotatable bonds is 3. The van der Waals surface area contributed by atoms with Gasteiger partial charge >= 0.3 is 0 Å². The first-order chi connectivity index (χ1) is 8.21. The quantitative estimate of drug-likeness (QED) is 0.848. The summed E-state index contributed by atoms with van der Waals surface area (Å²) in [4.78, 5) is 0. The number of aliphatic hydroxyl groups is 1. The molecule has 2 aromatic carbocycles. The number of hydrogen-bond acceptors (Lipinski definition) is 1. The zero-order valence-corrected chi connectivity index (χ0v) is 10.2. The molecule has 3 rings (SSSR count). The van der Waals surface area contributed by atoms with Crippen molar-refractivity contribution in [3.05, 3.63) is 48.0 Å². The van der Waals surface area contributed by atoms with Crippen LogP contribution in [-0.2, 0) is 6.42 Å². The maximum Gasteiger partial charge on any atom is 0.0571 e. The van der Waals surface area contributed by atoms with Crippen LogP contribution in [-0.4, -0.2) is 11.2 Å². The zero-order valence-electron chi connectivity index (χ0n) is 10.2. The molecule has 0 aliphatic heterocycles. The predicted octanol–water partition coefficient (Wildman–Crippen LogP) is 3.54. The Morgan fingerprint density at radius 2 is 1.82 bits per heavy atom. The van der Waals surface area contributed by atoms with Crippen molar-refractivity contribution in [3.63, 3.8) is 0 Å². The van der Waals surface area contributed by atoms with Crippen molar-refractivity contribution in [2.45, 2.75) is 32.3 Å². The lowest BCUT2D eigenvalue weighted by Crippen LogP contribution is -2.20. The monoisotopic (exact) mass is 226 g/mol. The molecule has 0 amide bonds. The van der Waals surface area contributed by atoms with E-state index in [-0.39, 0.29) is 11.5 Å². The van der Waals surface area contributed by atoms with Crippen LogP contribution in [0.15, 0.2) is 42.5 Å². The lowest BCUT2D eigenvalue weighted by Gasteiger charge is -2.19. The van der Waals surface area contributed by atoms with E-state index >= 15 is 0 Å². The molecule has 1 saturated carbocycles. The van der Waals surface area contributed by atoms with Crippen LogP contribution in [0.3, 0.4) is 0 Å². The highest BCUT2D eigenvalue weighted by atomic mass is 16.3. The van der Waals surface area contributed by atoms with Crippen molar-refractivity contribution in [3.8, 4) is 0 Å². The largest absolute Gasteiger partial charge is 0.393 e. The Balaban J connectivity index is 2.01. The van der Waals surface area contributed by atoms with Crippen molar-refractivity contribution >= 4 is 10.8 Å². The van der Waals surface area contributed by atoms with E-state index in [4.69, 9.17) is 0 Å². The first kappa shape index (κ1) is 10.8. The molecule has 1 fully saturated rings. The van der Waals surface area contributed by atoms with E-state index in [1.54, 1.807) is 0 Å². The van der Waals surface area contributed by atoms with Gasteiger partial charge in [-0.3, -0.25) is 0 Å². The average molecular weight is 226 g/mol. The van der Waals surface area contributed by atoms with E-state index in [1.165, 1.54) is 16.3 Å². The van der Waals surface area contributed by atoms with Gasteiger partial charge in [-0.2, -0.15) is 0 Å². The third-order valence-corrected chi connectivity index (χ3v) is 4.20. The van der Waals surface area contributed by atoms with Gasteiger partial charge in [-0.05, 0) is 42.5 Å². The van der Waals surface area contributed by atoms with Gasteiger partial charge in [0.2, 0.25) is 0 Å². The Labute approximate surface area is 102 Å². The van der Waals surface area contributed by atoms with Crippen molar-refractivity contribution in [2.75, 3.05) is 0 Å². The fourth-order valence-corrected chi connectivity index (χ4v) is 2.73.